The monoisotopic (exact) mass is 201 g/mol. The number of carbonyl (C=O) groups is 1. The average Bonchev–Trinajstić information content (AvgIpc) is 2.51. The fourth-order valence-corrected chi connectivity index (χ4v) is 1.54. The summed E-state index contributed by atoms with van der Waals surface area (Å²) < 4.78 is 10.9. The minimum Gasteiger partial charge on any atom is -0.356 e. The first kappa shape index (κ1) is 11.5. The van der Waals surface area contributed by atoms with Crippen LogP contribution in [-0.4, -0.2) is 31.5 Å². The topological polar surface area (TPSA) is 47.6 Å². The van der Waals surface area contributed by atoms with Gasteiger partial charge in [-0.15, -0.1) is 0 Å². The number of hydrogen-bond donors (Lipinski definition) is 1. The van der Waals surface area contributed by atoms with Crippen molar-refractivity contribution in [3.05, 3.63) is 0 Å². The highest BCUT2D eigenvalue weighted by Crippen LogP contribution is 2.24. The zero-order valence-electron chi connectivity index (χ0n) is 8.97. The standard InChI is InChI=1S/C10H19NO3/c1-9(12)11-6-4-3-5-10(2)13-7-8-14-10/h3-8H2,1-2H3,(H,11,12). The summed E-state index contributed by atoms with van der Waals surface area (Å²) in [4.78, 5) is 10.6. The van der Waals surface area contributed by atoms with Crippen molar-refractivity contribution < 1.29 is 14.3 Å². The van der Waals surface area contributed by atoms with Crippen LogP contribution in [0.25, 0.3) is 0 Å². The first-order valence-corrected chi connectivity index (χ1v) is 5.15. The van der Waals surface area contributed by atoms with Gasteiger partial charge in [-0.05, 0) is 19.8 Å². The van der Waals surface area contributed by atoms with Crippen molar-refractivity contribution in [2.75, 3.05) is 19.8 Å². The number of nitrogens with one attached hydrogen (secondary N) is 1. The van der Waals surface area contributed by atoms with Crippen LogP contribution in [-0.2, 0) is 14.3 Å². The molecule has 0 aromatic carbocycles. The molecule has 4 nitrogen and oxygen atoms in total. The van der Waals surface area contributed by atoms with Gasteiger partial charge in [-0.2, -0.15) is 0 Å². The van der Waals surface area contributed by atoms with E-state index in [1.54, 1.807) is 0 Å². The van der Waals surface area contributed by atoms with Crippen molar-refractivity contribution in [1.29, 1.82) is 0 Å². The van der Waals surface area contributed by atoms with E-state index >= 15 is 0 Å². The van der Waals surface area contributed by atoms with E-state index in [4.69, 9.17) is 9.47 Å². The van der Waals surface area contributed by atoms with Gasteiger partial charge >= 0.3 is 0 Å². The van der Waals surface area contributed by atoms with Gasteiger partial charge in [0.1, 0.15) is 0 Å². The Kier molecular flexibility index (Phi) is 4.35. The van der Waals surface area contributed by atoms with E-state index in [-0.39, 0.29) is 11.7 Å². The summed E-state index contributed by atoms with van der Waals surface area (Å²) in [6.07, 6.45) is 2.88. The molecule has 0 atom stereocenters. The molecule has 1 N–H and O–H groups in total. The SMILES string of the molecule is CC(=O)NCCCCC1(C)OCCO1. The second kappa shape index (κ2) is 5.32. The third-order valence-electron chi connectivity index (χ3n) is 2.33. The summed E-state index contributed by atoms with van der Waals surface area (Å²) in [5.74, 6) is -0.347. The summed E-state index contributed by atoms with van der Waals surface area (Å²) in [5.41, 5.74) is 0. The fraction of sp³-hybridized carbons (Fsp3) is 0.900. The lowest BCUT2D eigenvalue weighted by molar-refractivity contribution is -0.147. The minimum atomic E-state index is -0.379. The highest BCUT2D eigenvalue weighted by atomic mass is 16.7. The maximum absolute atomic E-state index is 10.6. The van der Waals surface area contributed by atoms with Gasteiger partial charge in [0.2, 0.25) is 5.91 Å². The maximum Gasteiger partial charge on any atom is 0.216 e. The van der Waals surface area contributed by atoms with Gasteiger partial charge in [0.15, 0.2) is 5.79 Å². The maximum atomic E-state index is 10.6. The summed E-state index contributed by atoms with van der Waals surface area (Å²) in [6, 6.07) is 0. The molecule has 0 saturated carbocycles. The van der Waals surface area contributed by atoms with E-state index in [2.05, 4.69) is 5.32 Å². The molecule has 1 rings (SSSR count). The van der Waals surface area contributed by atoms with Crippen LogP contribution in [0.4, 0.5) is 0 Å². The molecule has 0 aliphatic carbocycles. The zero-order chi connectivity index (χ0) is 10.4. The highest BCUT2D eigenvalue weighted by Gasteiger charge is 2.29. The normalized spacial score (nSPS) is 19.6. The summed E-state index contributed by atoms with van der Waals surface area (Å²) >= 11 is 0. The van der Waals surface area contributed by atoms with Crippen molar-refractivity contribution in [2.24, 2.45) is 0 Å². The van der Waals surface area contributed by atoms with Gasteiger partial charge in [0.25, 0.3) is 0 Å². The van der Waals surface area contributed by atoms with E-state index < -0.39 is 0 Å². The second-order valence-electron chi connectivity index (χ2n) is 3.77. The van der Waals surface area contributed by atoms with Crippen LogP contribution in [0, 0.1) is 0 Å². The second-order valence-corrected chi connectivity index (χ2v) is 3.77. The van der Waals surface area contributed by atoms with E-state index in [0.29, 0.717) is 13.2 Å². The van der Waals surface area contributed by atoms with Crippen LogP contribution in [0.5, 0.6) is 0 Å². The Balaban J connectivity index is 2.00. The lowest BCUT2D eigenvalue weighted by Gasteiger charge is -2.21. The number of carbonyl (C=O) groups excluding carboxylic acids is 1. The van der Waals surface area contributed by atoms with Gasteiger partial charge in [0.05, 0.1) is 13.2 Å². The number of rotatable bonds is 5. The predicted molar refractivity (Wildman–Crippen MR) is 52.8 cm³/mol. The Morgan fingerprint density at radius 2 is 2.00 bits per heavy atom. The number of ether oxygens (including phenoxy) is 2. The van der Waals surface area contributed by atoms with E-state index in [0.717, 1.165) is 25.8 Å². The summed E-state index contributed by atoms with van der Waals surface area (Å²) in [5, 5.41) is 2.76. The molecule has 1 amide bonds. The third-order valence-corrected chi connectivity index (χ3v) is 2.33. The molecule has 1 aliphatic rings. The smallest absolute Gasteiger partial charge is 0.216 e. The first-order valence-electron chi connectivity index (χ1n) is 5.15. The fourth-order valence-electron chi connectivity index (χ4n) is 1.54. The zero-order valence-corrected chi connectivity index (χ0v) is 8.97. The van der Waals surface area contributed by atoms with Gasteiger partial charge in [-0.3, -0.25) is 4.79 Å². The Bertz CT molecular complexity index is 188. The summed E-state index contributed by atoms with van der Waals surface area (Å²) in [7, 11) is 0. The third kappa shape index (κ3) is 4.07. The quantitative estimate of drug-likeness (QED) is 0.676. The molecule has 0 aromatic heterocycles. The molecule has 14 heavy (non-hydrogen) atoms. The molecule has 0 bridgehead atoms. The van der Waals surface area contributed by atoms with Crippen molar-refractivity contribution >= 4 is 5.91 Å². The van der Waals surface area contributed by atoms with Gasteiger partial charge in [-0.25, -0.2) is 0 Å². The molecule has 82 valence electrons. The number of amides is 1. The number of hydrogen-bond acceptors (Lipinski definition) is 3. The van der Waals surface area contributed by atoms with Gasteiger partial charge in [-0.1, -0.05) is 0 Å². The predicted octanol–water partition coefficient (Wildman–Crippen LogP) is 1.06. The van der Waals surface area contributed by atoms with Gasteiger partial charge < -0.3 is 14.8 Å². The molecule has 0 unspecified atom stereocenters. The van der Waals surface area contributed by atoms with E-state index in [1.807, 2.05) is 6.92 Å². The van der Waals surface area contributed by atoms with Crippen molar-refractivity contribution in [3.8, 4) is 0 Å². The van der Waals surface area contributed by atoms with Crippen LogP contribution in [0.1, 0.15) is 33.1 Å². The van der Waals surface area contributed by atoms with E-state index in [9.17, 15) is 4.79 Å². The van der Waals surface area contributed by atoms with Crippen LogP contribution in [0.15, 0.2) is 0 Å². The van der Waals surface area contributed by atoms with Crippen LogP contribution >= 0.6 is 0 Å². The largest absolute Gasteiger partial charge is 0.356 e. The molecule has 1 saturated heterocycles. The molecule has 0 spiro atoms. The Morgan fingerprint density at radius 3 is 2.57 bits per heavy atom. The molecule has 1 heterocycles. The van der Waals surface area contributed by atoms with Gasteiger partial charge in [0, 0.05) is 19.9 Å². The molecule has 1 fully saturated rings. The van der Waals surface area contributed by atoms with Crippen LogP contribution < -0.4 is 5.32 Å². The Hall–Kier alpha value is -0.610. The highest BCUT2D eigenvalue weighted by molar-refractivity contribution is 5.72. The molecule has 0 radical (unpaired) electrons. The molecular formula is C10H19NO3. The lowest BCUT2D eigenvalue weighted by atomic mass is 10.1. The van der Waals surface area contributed by atoms with Crippen molar-refractivity contribution in [3.63, 3.8) is 0 Å². The summed E-state index contributed by atoms with van der Waals surface area (Å²) in [6.45, 7) is 5.64. The van der Waals surface area contributed by atoms with Crippen LogP contribution in [0.2, 0.25) is 0 Å². The van der Waals surface area contributed by atoms with Crippen molar-refractivity contribution in [2.45, 2.75) is 38.9 Å². The Morgan fingerprint density at radius 1 is 1.36 bits per heavy atom. The van der Waals surface area contributed by atoms with E-state index in [1.165, 1.54) is 6.92 Å². The molecular weight excluding hydrogens is 182 g/mol. The minimum absolute atomic E-state index is 0.0320. The lowest BCUT2D eigenvalue weighted by Crippen LogP contribution is -2.26. The number of unbranched alkanes of at least 4 members (excludes halogenated alkanes) is 1. The molecule has 1 aliphatic heterocycles. The van der Waals surface area contributed by atoms with Crippen molar-refractivity contribution in [1.82, 2.24) is 5.32 Å². The Labute approximate surface area is 85.0 Å². The average molecular weight is 201 g/mol. The molecule has 4 heteroatoms. The van der Waals surface area contributed by atoms with Crippen LogP contribution in [0.3, 0.4) is 0 Å². The molecule has 0 aromatic rings. The first-order chi connectivity index (χ1) is 6.62.